The molecule has 5 nitrogen and oxygen atoms in total. The summed E-state index contributed by atoms with van der Waals surface area (Å²) in [5, 5.41) is 5.81. The van der Waals surface area contributed by atoms with Crippen LogP contribution in [0.2, 0.25) is 0 Å². The maximum atomic E-state index is 10.9. The third-order valence-electron chi connectivity index (χ3n) is 3.24. The van der Waals surface area contributed by atoms with Gasteiger partial charge in [-0.2, -0.15) is 0 Å². The van der Waals surface area contributed by atoms with Gasteiger partial charge in [-0.25, -0.2) is 4.98 Å². The van der Waals surface area contributed by atoms with Crippen LogP contribution in [0.3, 0.4) is 0 Å². The van der Waals surface area contributed by atoms with Crippen LogP contribution in [0.15, 0.2) is 52.9 Å². The molecule has 1 heterocycles. The SMILES string of the molecule is CC(=O)NC(=S)NCc1ccc(-c2nc3ccccc3o2)cc1. The second kappa shape index (κ2) is 6.58. The number of carbonyl (C=O) groups is 1. The van der Waals surface area contributed by atoms with Crippen molar-refractivity contribution in [3.63, 3.8) is 0 Å². The number of para-hydroxylation sites is 2. The molecule has 116 valence electrons. The molecule has 0 aliphatic rings. The van der Waals surface area contributed by atoms with Gasteiger partial charge < -0.3 is 15.1 Å². The summed E-state index contributed by atoms with van der Waals surface area (Å²) in [7, 11) is 0. The number of rotatable bonds is 3. The van der Waals surface area contributed by atoms with Crippen LogP contribution in [0.1, 0.15) is 12.5 Å². The first-order valence-corrected chi connectivity index (χ1v) is 7.53. The Kier molecular flexibility index (Phi) is 4.34. The molecule has 0 saturated carbocycles. The topological polar surface area (TPSA) is 67.2 Å². The molecule has 0 atom stereocenters. The number of nitrogens with one attached hydrogen (secondary N) is 2. The van der Waals surface area contributed by atoms with E-state index in [0.717, 1.165) is 22.2 Å². The van der Waals surface area contributed by atoms with E-state index in [-0.39, 0.29) is 5.91 Å². The number of hydrogen-bond acceptors (Lipinski definition) is 4. The number of amides is 1. The molecule has 0 aliphatic carbocycles. The van der Waals surface area contributed by atoms with Crippen LogP contribution in [0.4, 0.5) is 0 Å². The normalized spacial score (nSPS) is 10.5. The third kappa shape index (κ3) is 3.73. The number of aromatic nitrogens is 1. The predicted molar refractivity (Wildman–Crippen MR) is 92.7 cm³/mol. The van der Waals surface area contributed by atoms with Crippen LogP contribution in [0, 0.1) is 0 Å². The quantitative estimate of drug-likeness (QED) is 0.725. The summed E-state index contributed by atoms with van der Waals surface area (Å²) in [6.45, 7) is 1.95. The first kappa shape index (κ1) is 15.2. The molecule has 3 rings (SSSR count). The first-order chi connectivity index (χ1) is 11.1. The molecular weight excluding hydrogens is 310 g/mol. The van der Waals surface area contributed by atoms with Crippen LogP contribution < -0.4 is 10.6 Å². The van der Waals surface area contributed by atoms with Crippen molar-refractivity contribution in [2.75, 3.05) is 0 Å². The second-order valence-corrected chi connectivity index (χ2v) is 5.46. The Morgan fingerprint density at radius 1 is 1.17 bits per heavy atom. The number of thiocarbonyl (C=S) groups is 1. The van der Waals surface area contributed by atoms with Crippen molar-refractivity contribution in [2.24, 2.45) is 0 Å². The predicted octanol–water partition coefficient (Wildman–Crippen LogP) is 3.01. The minimum Gasteiger partial charge on any atom is -0.436 e. The highest BCUT2D eigenvalue weighted by Gasteiger charge is 2.07. The van der Waals surface area contributed by atoms with E-state index in [1.165, 1.54) is 6.92 Å². The minimum absolute atomic E-state index is 0.186. The average molecular weight is 325 g/mol. The first-order valence-electron chi connectivity index (χ1n) is 7.12. The van der Waals surface area contributed by atoms with Crippen molar-refractivity contribution < 1.29 is 9.21 Å². The highest BCUT2D eigenvalue weighted by Crippen LogP contribution is 2.24. The van der Waals surface area contributed by atoms with Gasteiger partial charge >= 0.3 is 0 Å². The van der Waals surface area contributed by atoms with Gasteiger partial charge in [-0.15, -0.1) is 0 Å². The van der Waals surface area contributed by atoms with Gasteiger partial charge in [0.25, 0.3) is 0 Å². The number of hydrogen-bond donors (Lipinski definition) is 2. The molecule has 1 amide bonds. The van der Waals surface area contributed by atoms with Gasteiger partial charge in [-0.05, 0) is 42.0 Å². The molecule has 6 heteroatoms. The maximum Gasteiger partial charge on any atom is 0.227 e. The highest BCUT2D eigenvalue weighted by molar-refractivity contribution is 7.80. The molecule has 0 aliphatic heterocycles. The summed E-state index contributed by atoms with van der Waals surface area (Å²) in [5.41, 5.74) is 3.56. The molecule has 2 aromatic carbocycles. The number of oxazole rings is 1. The van der Waals surface area contributed by atoms with Crippen molar-refractivity contribution in [3.05, 3.63) is 54.1 Å². The summed E-state index contributed by atoms with van der Waals surface area (Å²) >= 11 is 5.00. The lowest BCUT2D eigenvalue weighted by atomic mass is 10.1. The zero-order chi connectivity index (χ0) is 16.2. The van der Waals surface area contributed by atoms with Crippen LogP contribution in [-0.4, -0.2) is 16.0 Å². The van der Waals surface area contributed by atoms with E-state index < -0.39 is 0 Å². The molecule has 0 saturated heterocycles. The van der Waals surface area contributed by atoms with Crippen molar-refractivity contribution in [3.8, 4) is 11.5 Å². The van der Waals surface area contributed by atoms with Crippen LogP contribution in [0.5, 0.6) is 0 Å². The van der Waals surface area contributed by atoms with Gasteiger partial charge in [0.1, 0.15) is 5.52 Å². The summed E-state index contributed by atoms with van der Waals surface area (Å²) in [6, 6.07) is 15.5. The minimum atomic E-state index is -0.186. The zero-order valence-corrected chi connectivity index (χ0v) is 13.3. The summed E-state index contributed by atoms with van der Waals surface area (Å²) in [4.78, 5) is 15.4. The van der Waals surface area contributed by atoms with Gasteiger partial charge in [0.05, 0.1) is 0 Å². The molecule has 0 bridgehead atoms. The Morgan fingerprint density at radius 2 is 1.91 bits per heavy atom. The lowest BCUT2D eigenvalue weighted by Gasteiger charge is -2.08. The van der Waals surface area contributed by atoms with Crippen molar-refractivity contribution >= 4 is 34.3 Å². The molecular formula is C17H15N3O2S. The summed E-state index contributed by atoms with van der Waals surface area (Å²) < 4.78 is 5.74. The smallest absolute Gasteiger partial charge is 0.227 e. The summed E-state index contributed by atoms with van der Waals surface area (Å²) in [5.74, 6) is 0.410. The van der Waals surface area contributed by atoms with Gasteiger partial charge in [0.2, 0.25) is 11.8 Å². The molecule has 0 fully saturated rings. The fraction of sp³-hybridized carbons (Fsp3) is 0.118. The number of carbonyl (C=O) groups excluding carboxylic acids is 1. The largest absolute Gasteiger partial charge is 0.436 e. The average Bonchev–Trinajstić information content (AvgIpc) is 2.97. The fourth-order valence-electron chi connectivity index (χ4n) is 2.15. The molecule has 1 aromatic heterocycles. The van der Waals surface area contributed by atoms with Gasteiger partial charge in [-0.1, -0.05) is 24.3 Å². The van der Waals surface area contributed by atoms with Crippen molar-refractivity contribution in [1.29, 1.82) is 0 Å². The number of benzene rings is 2. The maximum absolute atomic E-state index is 10.9. The van der Waals surface area contributed by atoms with Crippen LogP contribution >= 0.6 is 12.2 Å². The van der Waals surface area contributed by atoms with Crippen molar-refractivity contribution in [2.45, 2.75) is 13.5 Å². The van der Waals surface area contributed by atoms with Gasteiger partial charge in [-0.3, -0.25) is 4.79 Å². The number of nitrogens with zero attached hydrogens (tertiary/aromatic N) is 1. The van der Waals surface area contributed by atoms with Gasteiger partial charge in [0.15, 0.2) is 10.7 Å². The monoisotopic (exact) mass is 325 g/mol. The van der Waals surface area contributed by atoms with Crippen LogP contribution in [0.25, 0.3) is 22.6 Å². The second-order valence-electron chi connectivity index (χ2n) is 5.05. The summed E-state index contributed by atoms with van der Waals surface area (Å²) in [6.07, 6.45) is 0. The molecule has 3 aromatic rings. The highest BCUT2D eigenvalue weighted by atomic mass is 32.1. The lowest BCUT2D eigenvalue weighted by Crippen LogP contribution is -2.37. The van der Waals surface area contributed by atoms with E-state index in [9.17, 15) is 4.79 Å². The van der Waals surface area contributed by atoms with E-state index in [0.29, 0.717) is 17.5 Å². The molecule has 23 heavy (non-hydrogen) atoms. The fourth-order valence-corrected chi connectivity index (χ4v) is 2.36. The Bertz CT molecular complexity index is 823. The molecule has 0 radical (unpaired) electrons. The van der Waals surface area contributed by atoms with E-state index in [1.807, 2.05) is 48.5 Å². The Hall–Kier alpha value is -2.73. The van der Waals surface area contributed by atoms with Gasteiger partial charge in [0, 0.05) is 19.0 Å². The molecule has 0 unspecified atom stereocenters. The third-order valence-corrected chi connectivity index (χ3v) is 3.48. The Morgan fingerprint density at radius 3 is 2.61 bits per heavy atom. The van der Waals surface area contributed by atoms with Crippen LogP contribution in [-0.2, 0) is 11.3 Å². The van der Waals surface area contributed by atoms with Crippen molar-refractivity contribution in [1.82, 2.24) is 15.6 Å². The van der Waals surface area contributed by atoms with E-state index >= 15 is 0 Å². The van der Waals surface area contributed by atoms with E-state index in [4.69, 9.17) is 16.6 Å². The van der Waals surface area contributed by atoms with E-state index in [1.54, 1.807) is 0 Å². The van der Waals surface area contributed by atoms with E-state index in [2.05, 4.69) is 15.6 Å². The number of fused-ring (bicyclic) bond motifs is 1. The Balaban J connectivity index is 1.69. The lowest BCUT2D eigenvalue weighted by molar-refractivity contribution is -0.117. The zero-order valence-electron chi connectivity index (χ0n) is 12.5. The Labute approximate surface area is 138 Å². The standard InChI is InChI=1S/C17H15N3O2S/c1-11(21)19-17(23)18-10-12-6-8-13(9-7-12)16-20-14-4-2-3-5-15(14)22-16/h2-9H,10H2,1H3,(H2,18,19,21,23). The molecule has 0 spiro atoms. The molecule has 2 N–H and O–H groups in total.